The molecule has 2 atom stereocenters. The average molecular weight is 304 g/mol. The maximum atomic E-state index is 4.59. The molecule has 1 N–H and O–H groups in total. The first-order valence-electron chi connectivity index (χ1n) is 6.79. The van der Waals surface area contributed by atoms with Gasteiger partial charge in [-0.2, -0.15) is 0 Å². The Balaban J connectivity index is 0.00000180. The monoisotopic (exact) mass is 303 g/mol. The number of rotatable bonds is 2. The van der Waals surface area contributed by atoms with Crippen molar-refractivity contribution in [2.45, 2.75) is 58.7 Å². The molecule has 0 aromatic carbocycles. The molecule has 19 heavy (non-hydrogen) atoms. The minimum Gasteiger partial charge on any atom is -0.311 e. The minimum absolute atomic E-state index is 0. The molecule has 0 bridgehead atoms. The van der Waals surface area contributed by atoms with E-state index in [2.05, 4.69) is 56.0 Å². The molecule has 0 spiro atoms. The van der Waals surface area contributed by atoms with Crippen molar-refractivity contribution in [2.75, 3.05) is 13.1 Å². The fourth-order valence-corrected chi connectivity index (χ4v) is 3.22. The van der Waals surface area contributed by atoms with Crippen LogP contribution in [0.25, 0.3) is 0 Å². The van der Waals surface area contributed by atoms with E-state index in [1.807, 2.05) is 11.3 Å². The molecular formula is C14H26ClN3S. The number of nitrogens with zero attached hydrogens (tertiary/aromatic N) is 2. The van der Waals surface area contributed by atoms with Crippen molar-refractivity contribution in [1.29, 1.82) is 0 Å². The molecule has 2 heterocycles. The molecule has 2 unspecified atom stereocenters. The summed E-state index contributed by atoms with van der Waals surface area (Å²) in [6, 6.07) is 1.19. The van der Waals surface area contributed by atoms with Crippen LogP contribution in [0.2, 0.25) is 0 Å². The third-order valence-electron chi connectivity index (χ3n) is 3.52. The van der Waals surface area contributed by atoms with Crippen LogP contribution in [0.1, 0.15) is 44.5 Å². The maximum absolute atomic E-state index is 4.59. The van der Waals surface area contributed by atoms with Crippen molar-refractivity contribution in [3.63, 3.8) is 0 Å². The number of piperazine rings is 1. The molecule has 110 valence electrons. The predicted molar refractivity (Wildman–Crippen MR) is 85.4 cm³/mol. The van der Waals surface area contributed by atoms with E-state index >= 15 is 0 Å². The number of halogens is 1. The van der Waals surface area contributed by atoms with Gasteiger partial charge in [0.2, 0.25) is 0 Å². The highest BCUT2D eigenvalue weighted by atomic mass is 35.5. The SMILES string of the molecule is CC1CN(Cc2ncc(C(C)(C)C)s2)C(C)CN1.Cl. The van der Waals surface area contributed by atoms with E-state index in [1.54, 1.807) is 0 Å². The van der Waals surface area contributed by atoms with E-state index in [1.165, 1.54) is 9.88 Å². The van der Waals surface area contributed by atoms with Gasteiger partial charge in [-0.3, -0.25) is 4.90 Å². The molecule has 1 saturated heterocycles. The van der Waals surface area contributed by atoms with E-state index in [0.29, 0.717) is 12.1 Å². The Labute approximate surface area is 127 Å². The third-order valence-corrected chi connectivity index (χ3v) is 4.93. The third kappa shape index (κ3) is 4.42. The van der Waals surface area contributed by atoms with Gasteiger partial charge in [-0.05, 0) is 19.3 Å². The molecule has 0 saturated carbocycles. The predicted octanol–water partition coefficient (Wildman–Crippen LogP) is 3.04. The molecule has 1 aliphatic rings. The van der Waals surface area contributed by atoms with E-state index < -0.39 is 0 Å². The van der Waals surface area contributed by atoms with Crippen molar-refractivity contribution in [3.05, 3.63) is 16.1 Å². The van der Waals surface area contributed by atoms with E-state index in [-0.39, 0.29) is 17.8 Å². The molecule has 1 aliphatic heterocycles. The van der Waals surface area contributed by atoms with Gasteiger partial charge in [0.15, 0.2) is 0 Å². The molecule has 5 heteroatoms. The maximum Gasteiger partial charge on any atom is 0.107 e. The van der Waals surface area contributed by atoms with Crippen molar-refractivity contribution in [2.24, 2.45) is 0 Å². The van der Waals surface area contributed by atoms with E-state index in [9.17, 15) is 0 Å². The van der Waals surface area contributed by atoms with Crippen LogP contribution in [0.3, 0.4) is 0 Å². The molecule has 3 nitrogen and oxygen atoms in total. The van der Waals surface area contributed by atoms with Gasteiger partial charge in [0.25, 0.3) is 0 Å². The van der Waals surface area contributed by atoms with Gasteiger partial charge < -0.3 is 5.32 Å². The second-order valence-electron chi connectivity index (χ2n) is 6.46. The van der Waals surface area contributed by atoms with E-state index in [4.69, 9.17) is 0 Å². The van der Waals surface area contributed by atoms with Gasteiger partial charge >= 0.3 is 0 Å². The molecule has 0 aliphatic carbocycles. The van der Waals surface area contributed by atoms with Gasteiger partial charge in [0, 0.05) is 36.2 Å². The summed E-state index contributed by atoms with van der Waals surface area (Å²) in [6.07, 6.45) is 2.05. The summed E-state index contributed by atoms with van der Waals surface area (Å²) in [5, 5.41) is 4.77. The van der Waals surface area contributed by atoms with Crippen LogP contribution in [0.15, 0.2) is 6.20 Å². The lowest BCUT2D eigenvalue weighted by Gasteiger charge is -2.36. The number of hydrogen-bond donors (Lipinski definition) is 1. The lowest BCUT2D eigenvalue weighted by Crippen LogP contribution is -2.53. The second kappa shape index (κ2) is 6.53. The molecule has 1 aromatic heterocycles. The Bertz CT molecular complexity index is 400. The molecule has 2 rings (SSSR count). The van der Waals surface area contributed by atoms with Gasteiger partial charge in [-0.15, -0.1) is 23.7 Å². The minimum atomic E-state index is 0. The van der Waals surface area contributed by atoms with Gasteiger partial charge in [0.1, 0.15) is 5.01 Å². The Morgan fingerprint density at radius 1 is 1.42 bits per heavy atom. The van der Waals surface area contributed by atoms with Crippen LogP contribution in [-0.2, 0) is 12.0 Å². The summed E-state index contributed by atoms with van der Waals surface area (Å²) in [7, 11) is 0. The molecule has 1 aromatic rings. The number of thiazole rings is 1. The topological polar surface area (TPSA) is 28.2 Å². The fourth-order valence-electron chi connectivity index (χ4n) is 2.22. The molecular weight excluding hydrogens is 278 g/mol. The van der Waals surface area contributed by atoms with Crippen LogP contribution in [0, 0.1) is 0 Å². The summed E-state index contributed by atoms with van der Waals surface area (Å²) >= 11 is 1.86. The summed E-state index contributed by atoms with van der Waals surface area (Å²) in [4.78, 5) is 8.51. The van der Waals surface area contributed by atoms with Crippen LogP contribution in [0.4, 0.5) is 0 Å². The Morgan fingerprint density at radius 3 is 2.68 bits per heavy atom. The summed E-state index contributed by atoms with van der Waals surface area (Å²) in [5.41, 5.74) is 0.221. The Hall–Kier alpha value is -0.160. The smallest absolute Gasteiger partial charge is 0.107 e. The van der Waals surface area contributed by atoms with Crippen molar-refractivity contribution in [1.82, 2.24) is 15.2 Å². The first-order valence-corrected chi connectivity index (χ1v) is 7.60. The number of nitrogens with one attached hydrogen (secondary N) is 1. The zero-order valence-corrected chi connectivity index (χ0v) is 14.2. The van der Waals surface area contributed by atoms with Crippen molar-refractivity contribution < 1.29 is 0 Å². The average Bonchev–Trinajstić information content (AvgIpc) is 2.71. The van der Waals surface area contributed by atoms with Crippen molar-refractivity contribution in [3.8, 4) is 0 Å². The fraction of sp³-hybridized carbons (Fsp3) is 0.786. The number of hydrogen-bond acceptors (Lipinski definition) is 4. The normalized spacial score (nSPS) is 25.1. The largest absolute Gasteiger partial charge is 0.311 e. The van der Waals surface area contributed by atoms with Gasteiger partial charge in [-0.25, -0.2) is 4.98 Å². The summed E-state index contributed by atoms with van der Waals surface area (Å²) in [6.45, 7) is 14.5. The van der Waals surface area contributed by atoms with Crippen LogP contribution < -0.4 is 5.32 Å². The molecule has 0 radical (unpaired) electrons. The lowest BCUT2D eigenvalue weighted by atomic mass is 9.96. The highest BCUT2D eigenvalue weighted by molar-refractivity contribution is 7.11. The standard InChI is InChI=1S/C14H25N3S.ClH/c1-10-8-17(11(2)6-15-10)9-13-16-7-12(18-13)14(3,4)5;/h7,10-11,15H,6,8-9H2,1-5H3;1H. The Morgan fingerprint density at radius 2 is 2.11 bits per heavy atom. The number of aromatic nitrogens is 1. The van der Waals surface area contributed by atoms with Crippen LogP contribution in [-0.4, -0.2) is 35.1 Å². The molecule has 0 amide bonds. The zero-order valence-electron chi connectivity index (χ0n) is 12.6. The van der Waals surface area contributed by atoms with E-state index in [0.717, 1.165) is 19.6 Å². The highest BCUT2D eigenvalue weighted by Gasteiger charge is 2.24. The zero-order chi connectivity index (χ0) is 13.3. The molecule has 1 fully saturated rings. The lowest BCUT2D eigenvalue weighted by molar-refractivity contribution is 0.138. The Kier molecular flexibility index (Phi) is 5.80. The second-order valence-corrected chi connectivity index (χ2v) is 7.57. The van der Waals surface area contributed by atoms with Gasteiger partial charge in [0.05, 0.1) is 6.54 Å². The first kappa shape index (κ1) is 16.9. The van der Waals surface area contributed by atoms with Crippen LogP contribution >= 0.6 is 23.7 Å². The summed E-state index contributed by atoms with van der Waals surface area (Å²) < 4.78 is 0. The summed E-state index contributed by atoms with van der Waals surface area (Å²) in [5.74, 6) is 0. The van der Waals surface area contributed by atoms with Crippen molar-refractivity contribution >= 4 is 23.7 Å². The van der Waals surface area contributed by atoms with Gasteiger partial charge in [-0.1, -0.05) is 20.8 Å². The first-order chi connectivity index (χ1) is 8.36. The van der Waals surface area contributed by atoms with Crippen LogP contribution in [0.5, 0.6) is 0 Å². The highest BCUT2D eigenvalue weighted by Crippen LogP contribution is 2.28. The quantitative estimate of drug-likeness (QED) is 0.910.